The molecular weight excluding hydrogens is 240 g/mol. The Bertz CT molecular complexity index is 547. The Hall–Kier alpha value is -2.23. The van der Waals surface area contributed by atoms with Crippen molar-refractivity contribution in [3.63, 3.8) is 0 Å². The van der Waals surface area contributed by atoms with Crippen LogP contribution in [0.5, 0.6) is 0 Å². The molecule has 100 valence electrons. The maximum Gasteiger partial charge on any atom is 0.224 e. The zero-order chi connectivity index (χ0) is 13.7. The monoisotopic (exact) mass is 258 g/mol. The summed E-state index contributed by atoms with van der Waals surface area (Å²) in [4.78, 5) is 11.4. The molecule has 1 heterocycles. The van der Waals surface area contributed by atoms with Gasteiger partial charge < -0.3 is 15.1 Å². The SMILES string of the molecule is CCC(=O)Nc1ccc(C)c(NCc2ccoc2)c1. The summed E-state index contributed by atoms with van der Waals surface area (Å²) in [7, 11) is 0. The summed E-state index contributed by atoms with van der Waals surface area (Å²) in [6.45, 7) is 4.56. The van der Waals surface area contributed by atoms with E-state index in [1.165, 1.54) is 0 Å². The molecule has 1 aromatic heterocycles. The molecule has 19 heavy (non-hydrogen) atoms. The quantitative estimate of drug-likeness (QED) is 0.862. The maximum absolute atomic E-state index is 11.4. The van der Waals surface area contributed by atoms with Gasteiger partial charge in [-0.25, -0.2) is 0 Å². The molecule has 0 spiro atoms. The molecule has 2 rings (SSSR count). The number of nitrogens with one attached hydrogen (secondary N) is 2. The average Bonchev–Trinajstić information content (AvgIpc) is 2.92. The Labute approximate surface area is 112 Å². The summed E-state index contributed by atoms with van der Waals surface area (Å²) in [5.74, 6) is 0.0182. The Morgan fingerprint density at radius 3 is 2.84 bits per heavy atom. The molecule has 0 fully saturated rings. The lowest BCUT2D eigenvalue weighted by Gasteiger charge is -2.11. The van der Waals surface area contributed by atoms with Gasteiger partial charge in [0.2, 0.25) is 5.91 Å². The summed E-state index contributed by atoms with van der Waals surface area (Å²) < 4.78 is 5.03. The molecule has 1 amide bonds. The van der Waals surface area contributed by atoms with Gasteiger partial charge in [-0.15, -0.1) is 0 Å². The zero-order valence-corrected chi connectivity index (χ0v) is 11.2. The van der Waals surface area contributed by atoms with Gasteiger partial charge in [0.25, 0.3) is 0 Å². The van der Waals surface area contributed by atoms with Crippen molar-refractivity contribution in [3.8, 4) is 0 Å². The highest BCUT2D eigenvalue weighted by molar-refractivity contribution is 5.91. The van der Waals surface area contributed by atoms with Crippen LogP contribution in [0.2, 0.25) is 0 Å². The second-order valence-electron chi connectivity index (χ2n) is 4.42. The van der Waals surface area contributed by atoms with Crippen LogP contribution in [0.15, 0.2) is 41.2 Å². The maximum atomic E-state index is 11.4. The average molecular weight is 258 g/mol. The second-order valence-corrected chi connectivity index (χ2v) is 4.42. The minimum atomic E-state index is 0.0182. The van der Waals surface area contributed by atoms with Crippen molar-refractivity contribution in [2.45, 2.75) is 26.8 Å². The molecule has 2 aromatic rings. The number of amides is 1. The van der Waals surface area contributed by atoms with Crippen molar-refractivity contribution in [1.82, 2.24) is 0 Å². The first-order valence-electron chi connectivity index (χ1n) is 6.34. The van der Waals surface area contributed by atoms with Crippen LogP contribution < -0.4 is 10.6 Å². The lowest BCUT2D eigenvalue weighted by molar-refractivity contribution is -0.115. The number of carbonyl (C=O) groups excluding carboxylic acids is 1. The van der Waals surface area contributed by atoms with E-state index in [2.05, 4.69) is 10.6 Å². The largest absolute Gasteiger partial charge is 0.472 e. The zero-order valence-electron chi connectivity index (χ0n) is 11.2. The number of aryl methyl sites for hydroxylation is 1. The number of furan rings is 1. The van der Waals surface area contributed by atoms with Gasteiger partial charge in [0.15, 0.2) is 0 Å². The fourth-order valence-electron chi connectivity index (χ4n) is 1.73. The minimum Gasteiger partial charge on any atom is -0.472 e. The molecule has 4 heteroatoms. The van der Waals surface area contributed by atoms with E-state index in [1.807, 2.05) is 38.1 Å². The van der Waals surface area contributed by atoms with Crippen molar-refractivity contribution >= 4 is 17.3 Å². The molecule has 0 saturated carbocycles. The van der Waals surface area contributed by atoms with E-state index in [1.54, 1.807) is 12.5 Å². The van der Waals surface area contributed by atoms with Gasteiger partial charge in [0.05, 0.1) is 12.5 Å². The lowest BCUT2D eigenvalue weighted by atomic mass is 10.1. The number of benzene rings is 1. The molecule has 0 aliphatic carbocycles. The molecule has 0 saturated heterocycles. The standard InChI is InChI=1S/C15H18N2O2/c1-3-15(18)17-13-5-4-11(2)14(8-13)16-9-12-6-7-19-10-12/h4-8,10,16H,3,9H2,1-2H3,(H,17,18). The van der Waals surface area contributed by atoms with Crippen LogP contribution in [0.4, 0.5) is 11.4 Å². The van der Waals surface area contributed by atoms with Gasteiger partial charge >= 0.3 is 0 Å². The number of anilines is 2. The van der Waals surface area contributed by atoms with Gasteiger partial charge in [-0.1, -0.05) is 13.0 Å². The van der Waals surface area contributed by atoms with Crippen LogP contribution in [0.25, 0.3) is 0 Å². The first-order chi connectivity index (χ1) is 9.19. The smallest absolute Gasteiger partial charge is 0.224 e. The molecule has 1 aromatic carbocycles. The number of rotatable bonds is 5. The van der Waals surface area contributed by atoms with Crippen LogP contribution in [0.1, 0.15) is 24.5 Å². The third-order valence-corrected chi connectivity index (χ3v) is 2.91. The molecular formula is C15H18N2O2. The Kier molecular flexibility index (Phi) is 4.23. The van der Waals surface area contributed by atoms with Gasteiger partial charge in [-0.2, -0.15) is 0 Å². The summed E-state index contributed by atoms with van der Waals surface area (Å²) in [6, 6.07) is 7.77. The van der Waals surface area contributed by atoms with Crippen molar-refractivity contribution in [2.75, 3.05) is 10.6 Å². The molecule has 0 aliphatic rings. The van der Waals surface area contributed by atoms with Crippen molar-refractivity contribution < 1.29 is 9.21 Å². The highest BCUT2D eigenvalue weighted by Crippen LogP contribution is 2.21. The predicted octanol–water partition coefficient (Wildman–Crippen LogP) is 3.55. The fraction of sp³-hybridized carbons (Fsp3) is 0.267. The first kappa shape index (κ1) is 13.2. The first-order valence-corrected chi connectivity index (χ1v) is 6.34. The van der Waals surface area contributed by atoms with E-state index in [4.69, 9.17) is 4.42 Å². The van der Waals surface area contributed by atoms with Crippen LogP contribution in [0.3, 0.4) is 0 Å². The van der Waals surface area contributed by atoms with E-state index in [0.29, 0.717) is 13.0 Å². The summed E-state index contributed by atoms with van der Waals surface area (Å²) >= 11 is 0. The molecule has 0 radical (unpaired) electrons. The second kappa shape index (κ2) is 6.09. The molecule has 2 N–H and O–H groups in total. The van der Waals surface area contributed by atoms with Crippen molar-refractivity contribution in [2.24, 2.45) is 0 Å². The Morgan fingerprint density at radius 2 is 2.16 bits per heavy atom. The molecule has 0 bridgehead atoms. The Morgan fingerprint density at radius 1 is 1.32 bits per heavy atom. The van der Waals surface area contributed by atoms with E-state index in [-0.39, 0.29) is 5.91 Å². The summed E-state index contributed by atoms with van der Waals surface area (Å²) in [6.07, 6.45) is 3.85. The van der Waals surface area contributed by atoms with E-state index in [9.17, 15) is 4.79 Å². The Balaban J connectivity index is 2.06. The number of hydrogen-bond acceptors (Lipinski definition) is 3. The molecule has 0 aliphatic heterocycles. The summed E-state index contributed by atoms with van der Waals surface area (Å²) in [5, 5.41) is 6.19. The number of carbonyl (C=O) groups is 1. The van der Waals surface area contributed by atoms with Gasteiger partial charge in [-0.05, 0) is 30.7 Å². The van der Waals surface area contributed by atoms with Crippen LogP contribution in [-0.2, 0) is 11.3 Å². The van der Waals surface area contributed by atoms with Crippen molar-refractivity contribution in [3.05, 3.63) is 47.9 Å². The molecule has 0 unspecified atom stereocenters. The van der Waals surface area contributed by atoms with E-state index >= 15 is 0 Å². The van der Waals surface area contributed by atoms with E-state index in [0.717, 1.165) is 22.5 Å². The van der Waals surface area contributed by atoms with Gasteiger partial charge in [0, 0.05) is 29.9 Å². The third kappa shape index (κ3) is 3.61. The molecule has 0 atom stereocenters. The van der Waals surface area contributed by atoms with E-state index < -0.39 is 0 Å². The highest BCUT2D eigenvalue weighted by Gasteiger charge is 2.03. The minimum absolute atomic E-state index is 0.0182. The van der Waals surface area contributed by atoms with Crippen molar-refractivity contribution in [1.29, 1.82) is 0 Å². The lowest BCUT2D eigenvalue weighted by Crippen LogP contribution is -2.10. The van der Waals surface area contributed by atoms with Crippen LogP contribution >= 0.6 is 0 Å². The molecule has 4 nitrogen and oxygen atoms in total. The predicted molar refractivity (Wildman–Crippen MR) is 76.1 cm³/mol. The van der Waals surface area contributed by atoms with Gasteiger partial charge in [0.1, 0.15) is 0 Å². The topological polar surface area (TPSA) is 54.3 Å². The fourth-order valence-corrected chi connectivity index (χ4v) is 1.73. The summed E-state index contributed by atoms with van der Waals surface area (Å²) in [5.41, 5.74) is 4.04. The van der Waals surface area contributed by atoms with Gasteiger partial charge in [-0.3, -0.25) is 4.79 Å². The highest BCUT2D eigenvalue weighted by atomic mass is 16.3. The normalized spacial score (nSPS) is 10.2. The van der Waals surface area contributed by atoms with Crippen LogP contribution in [-0.4, -0.2) is 5.91 Å². The third-order valence-electron chi connectivity index (χ3n) is 2.91. The van der Waals surface area contributed by atoms with Crippen LogP contribution in [0, 0.1) is 6.92 Å². The number of hydrogen-bond donors (Lipinski definition) is 2.